The Morgan fingerprint density at radius 1 is 0.538 bits per heavy atom. The molecule has 0 amide bonds. The van der Waals surface area contributed by atoms with Crippen LogP contribution in [-0.2, 0) is 0 Å². The Hall–Kier alpha value is -4.95. The Kier molecular flexibility index (Phi) is 5.79. The van der Waals surface area contributed by atoms with Gasteiger partial charge in [0.05, 0.1) is 0 Å². The van der Waals surface area contributed by atoms with Crippen molar-refractivity contribution >= 4 is 35.1 Å². The number of benzene rings is 5. The molecule has 5 aromatic carbocycles. The van der Waals surface area contributed by atoms with Crippen LogP contribution < -0.4 is 0 Å². The molecule has 7 aromatic rings. The normalized spacial score (nSPS) is 11.1. The molecule has 2 aromatic heterocycles. The van der Waals surface area contributed by atoms with E-state index >= 15 is 0 Å². The molecule has 39 heavy (non-hydrogen) atoms. The molecule has 0 saturated heterocycles. The van der Waals surface area contributed by atoms with Gasteiger partial charge in [0.25, 0.3) is 0 Å². The first kappa shape index (κ1) is 23.2. The first-order valence-corrected chi connectivity index (χ1v) is 14.2. The van der Waals surface area contributed by atoms with Gasteiger partial charge in [-0.25, -0.2) is 0 Å². The number of hydrogen-bond donors (Lipinski definition) is 0. The molecular formula is C33H19N5Se. The summed E-state index contributed by atoms with van der Waals surface area (Å²) in [4.78, 5) is 19.4. The van der Waals surface area contributed by atoms with Gasteiger partial charge in [-0.05, 0) is 0 Å². The minimum absolute atomic E-state index is 0.00254. The van der Waals surface area contributed by atoms with Crippen LogP contribution in [0.3, 0.4) is 0 Å². The molecule has 0 aliphatic rings. The summed E-state index contributed by atoms with van der Waals surface area (Å²) in [5.41, 5.74) is 5.28. The standard InChI is InChI=1S/C33H19N5Se/c34-20-26-19-25(18-24-16-17-27-29(28(24)26)39-33(35-27)23-14-8-3-9-15-23)32-37-30(21-10-4-1-5-11-21)36-31(38-32)22-12-6-2-7-13-22/h1-19H. The monoisotopic (exact) mass is 565 g/mol. The summed E-state index contributed by atoms with van der Waals surface area (Å²) in [5, 5.41) is 12.2. The second-order valence-corrected chi connectivity index (χ2v) is 11.2. The molecule has 5 nitrogen and oxygen atoms in total. The van der Waals surface area contributed by atoms with E-state index < -0.39 is 0 Å². The van der Waals surface area contributed by atoms with E-state index in [1.54, 1.807) is 0 Å². The van der Waals surface area contributed by atoms with Crippen molar-refractivity contribution < 1.29 is 0 Å². The van der Waals surface area contributed by atoms with Crippen LogP contribution >= 0.6 is 0 Å². The molecule has 0 N–H and O–H groups in total. The van der Waals surface area contributed by atoms with Crippen molar-refractivity contribution in [3.63, 3.8) is 0 Å². The zero-order chi connectivity index (χ0) is 26.2. The van der Waals surface area contributed by atoms with Crippen LogP contribution in [0.2, 0.25) is 0 Å². The van der Waals surface area contributed by atoms with Crippen molar-refractivity contribution in [1.29, 1.82) is 5.26 Å². The molecule has 0 saturated carbocycles. The third kappa shape index (κ3) is 4.30. The zero-order valence-corrected chi connectivity index (χ0v) is 22.3. The average Bonchev–Trinajstić information content (AvgIpc) is 3.46. The molecule has 182 valence electrons. The summed E-state index contributed by atoms with van der Waals surface area (Å²) >= 11 is -0.00254. The Morgan fingerprint density at radius 2 is 1.08 bits per heavy atom. The van der Waals surface area contributed by atoms with Crippen LogP contribution in [0.15, 0.2) is 115 Å². The van der Waals surface area contributed by atoms with Crippen molar-refractivity contribution in [1.82, 2.24) is 19.9 Å². The van der Waals surface area contributed by atoms with Crippen LogP contribution in [0.5, 0.6) is 0 Å². The predicted octanol–water partition coefficient (Wildman–Crippen LogP) is 7.17. The van der Waals surface area contributed by atoms with Crippen molar-refractivity contribution in [2.24, 2.45) is 0 Å². The molecule has 0 radical (unpaired) electrons. The van der Waals surface area contributed by atoms with E-state index in [0.29, 0.717) is 23.0 Å². The van der Waals surface area contributed by atoms with E-state index in [1.807, 2.05) is 91.0 Å². The van der Waals surface area contributed by atoms with Crippen molar-refractivity contribution in [2.45, 2.75) is 0 Å². The number of fused-ring (bicyclic) bond motifs is 3. The van der Waals surface area contributed by atoms with Gasteiger partial charge in [0.15, 0.2) is 0 Å². The van der Waals surface area contributed by atoms with Gasteiger partial charge in [-0.2, -0.15) is 0 Å². The molecule has 7 rings (SSSR count). The van der Waals surface area contributed by atoms with E-state index in [9.17, 15) is 5.26 Å². The molecule has 6 heteroatoms. The topological polar surface area (TPSA) is 75.3 Å². The van der Waals surface area contributed by atoms with Crippen LogP contribution in [0.25, 0.3) is 64.8 Å². The van der Waals surface area contributed by atoms with Crippen LogP contribution in [0, 0.1) is 11.3 Å². The Balaban J connectivity index is 1.43. The molecular weight excluding hydrogens is 545 g/mol. The van der Waals surface area contributed by atoms with Gasteiger partial charge in [0.1, 0.15) is 0 Å². The van der Waals surface area contributed by atoms with E-state index in [0.717, 1.165) is 47.4 Å². The fourth-order valence-corrected chi connectivity index (χ4v) is 7.09. The maximum absolute atomic E-state index is 10.3. The molecule has 0 spiro atoms. The van der Waals surface area contributed by atoms with Crippen molar-refractivity contribution in [3.05, 3.63) is 121 Å². The number of nitrogens with zero attached hydrogens (tertiary/aromatic N) is 5. The van der Waals surface area contributed by atoms with Gasteiger partial charge in [-0.3, -0.25) is 0 Å². The third-order valence-corrected chi connectivity index (χ3v) is 8.96. The van der Waals surface area contributed by atoms with Gasteiger partial charge in [-0.15, -0.1) is 0 Å². The Morgan fingerprint density at radius 3 is 1.64 bits per heavy atom. The zero-order valence-electron chi connectivity index (χ0n) is 20.6. The second-order valence-electron chi connectivity index (χ2n) is 9.07. The minimum atomic E-state index is -0.00254. The van der Waals surface area contributed by atoms with Crippen LogP contribution in [0.1, 0.15) is 5.56 Å². The van der Waals surface area contributed by atoms with Gasteiger partial charge in [0, 0.05) is 0 Å². The summed E-state index contributed by atoms with van der Waals surface area (Å²) in [6.07, 6.45) is 0. The van der Waals surface area contributed by atoms with Crippen LogP contribution in [0.4, 0.5) is 0 Å². The molecule has 0 aliphatic carbocycles. The fourth-order valence-electron chi connectivity index (χ4n) is 4.70. The summed E-state index contributed by atoms with van der Waals surface area (Å²) < 4.78 is 2.23. The second kappa shape index (κ2) is 9.74. The van der Waals surface area contributed by atoms with Crippen molar-refractivity contribution in [3.8, 4) is 50.4 Å². The molecule has 0 atom stereocenters. The first-order valence-electron chi connectivity index (χ1n) is 12.5. The van der Waals surface area contributed by atoms with E-state index in [4.69, 9.17) is 19.9 Å². The van der Waals surface area contributed by atoms with Gasteiger partial charge >= 0.3 is 231 Å². The van der Waals surface area contributed by atoms with E-state index in [-0.39, 0.29) is 14.5 Å². The SMILES string of the molecule is N#Cc1cc(-c2nc(-c3ccccc3)nc(-c3ccccc3)n2)cc2ccc3nc(-c4ccccc4)[se]c3c12. The fraction of sp³-hybridized carbons (Fsp3) is 0. The van der Waals surface area contributed by atoms with Crippen LogP contribution in [-0.4, -0.2) is 34.4 Å². The number of hydrogen-bond acceptors (Lipinski definition) is 5. The van der Waals surface area contributed by atoms with Crippen molar-refractivity contribution in [2.75, 3.05) is 0 Å². The number of rotatable bonds is 4. The summed E-state index contributed by atoms with van der Waals surface area (Å²) in [5.74, 6) is 1.72. The summed E-state index contributed by atoms with van der Waals surface area (Å²) in [6.45, 7) is 0. The maximum atomic E-state index is 10.3. The number of nitriles is 1. The summed E-state index contributed by atoms with van der Waals surface area (Å²) in [7, 11) is 0. The molecule has 2 heterocycles. The molecule has 0 bridgehead atoms. The predicted molar refractivity (Wildman–Crippen MR) is 156 cm³/mol. The molecule has 0 fully saturated rings. The quantitative estimate of drug-likeness (QED) is 0.212. The van der Waals surface area contributed by atoms with E-state index in [2.05, 4.69) is 30.3 Å². The van der Waals surface area contributed by atoms with Gasteiger partial charge < -0.3 is 0 Å². The first-order chi connectivity index (χ1) is 19.3. The average molecular weight is 565 g/mol. The Labute approximate surface area is 230 Å². The molecule has 0 aliphatic heterocycles. The van der Waals surface area contributed by atoms with E-state index in [1.165, 1.54) is 0 Å². The van der Waals surface area contributed by atoms with Gasteiger partial charge in [0.2, 0.25) is 0 Å². The third-order valence-electron chi connectivity index (χ3n) is 6.57. The Bertz CT molecular complexity index is 1950. The van der Waals surface area contributed by atoms with Gasteiger partial charge in [-0.1, -0.05) is 0 Å². The molecule has 0 unspecified atom stereocenters. The number of aromatic nitrogens is 4. The summed E-state index contributed by atoms with van der Waals surface area (Å²) in [6, 6.07) is 40.6.